The Hall–Kier alpha value is -2.64. The number of hydrogen-bond acceptors (Lipinski definition) is 5. The van der Waals surface area contributed by atoms with Gasteiger partial charge in [-0.05, 0) is 43.7 Å². The SMILES string of the molecule is CCOc1ccc(C2SCC(=O)Nc3c2c(C)nn3-c2ccccc2Cl)cc1OC. The molecule has 1 aliphatic heterocycles. The molecule has 1 amide bonds. The van der Waals surface area contributed by atoms with Crippen molar-refractivity contribution in [2.45, 2.75) is 19.1 Å². The smallest absolute Gasteiger partial charge is 0.235 e. The lowest BCUT2D eigenvalue weighted by atomic mass is 10.0. The van der Waals surface area contributed by atoms with Gasteiger partial charge in [0.1, 0.15) is 5.82 Å². The summed E-state index contributed by atoms with van der Waals surface area (Å²) in [7, 11) is 1.62. The Morgan fingerprint density at radius 3 is 2.80 bits per heavy atom. The number of halogens is 1. The fourth-order valence-electron chi connectivity index (χ4n) is 3.57. The van der Waals surface area contributed by atoms with E-state index in [2.05, 4.69) is 5.32 Å². The number of benzene rings is 2. The zero-order valence-corrected chi connectivity index (χ0v) is 18.5. The Kier molecular flexibility index (Phi) is 5.92. The molecule has 2 aromatic carbocycles. The second kappa shape index (κ2) is 8.62. The van der Waals surface area contributed by atoms with Gasteiger partial charge in [0.2, 0.25) is 5.91 Å². The van der Waals surface area contributed by atoms with E-state index >= 15 is 0 Å². The van der Waals surface area contributed by atoms with E-state index in [9.17, 15) is 4.79 Å². The summed E-state index contributed by atoms with van der Waals surface area (Å²) in [6.07, 6.45) is 0. The van der Waals surface area contributed by atoms with E-state index in [-0.39, 0.29) is 11.2 Å². The number of amides is 1. The number of fused-ring (bicyclic) bond motifs is 1. The van der Waals surface area contributed by atoms with Crippen molar-refractivity contribution in [3.63, 3.8) is 0 Å². The summed E-state index contributed by atoms with van der Waals surface area (Å²) < 4.78 is 12.9. The van der Waals surface area contributed by atoms with Crippen LogP contribution in [0.2, 0.25) is 5.02 Å². The summed E-state index contributed by atoms with van der Waals surface area (Å²) in [6, 6.07) is 13.3. The zero-order chi connectivity index (χ0) is 21.3. The van der Waals surface area contributed by atoms with Crippen molar-refractivity contribution < 1.29 is 14.3 Å². The molecule has 0 radical (unpaired) electrons. The standard InChI is InChI=1S/C22H22ClN3O3S/c1-4-29-17-10-9-14(11-18(17)28-3)21-20-13(2)25-26(16-8-6-5-7-15(16)23)22(20)24-19(27)12-30-21/h5-11,21H,4,12H2,1-3H3,(H,24,27). The Morgan fingerprint density at radius 1 is 1.27 bits per heavy atom. The van der Waals surface area contributed by atoms with E-state index in [0.29, 0.717) is 34.7 Å². The topological polar surface area (TPSA) is 65.4 Å². The quantitative estimate of drug-likeness (QED) is 0.600. The van der Waals surface area contributed by atoms with Crippen molar-refractivity contribution >= 4 is 35.1 Å². The number of aromatic nitrogens is 2. The Morgan fingerprint density at radius 2 is 2.07 bits per heavy atom. The fourth-order valence-corrected chi connectivity index (χ4v) is 4.96. The van der Waals surface area contributed by atoms with E-state index < -0.39 is 0 Å². The molecule has 0 saturated heterocycles. The average Bonchev–Trinajstić information content (AvgIpc) is 2.94. The van der Waals surface area contributed by atoms with Crippen LogP contribution in [0.3, 0.4) is 0 Å². The lowest BCUT2D eigenvalue weighted by molar-refractivity contribution is -0.113. The molecule has 0 spiro atoms. The second-order valence-corrected chi connectivity index (χ2v) is 8.29. The summed E-state index contributed by atoms with van der Waals surface area (Å²) >= 11 is 7.98. The molecule has 8 heteroatoms. The van der Waals surface area contributed by atoms with Gasteiger partial charge in [0, 0.05) is 5.56 Å². The van der Waals surface area contributed by atoms with Crippen LogP contribution >= 0.6 is 23.4 Å². The number of aryl methyl sites for hydroxylation is 1. The van der Waals surface area contributed by atoms with Gasteiger partial charge in [0.25, 0.3) is 0 Å². The van der Waals surface area contributed by atoms with E-state index in [1.807, 2.05) is 56.3 Å². The van der Waals surface area contributed by atoms with Gasteiger partial charge in [-0.15, -0.1) is 11.8 Å². The van der Waals surface area contributed by atoms with Crippen LogP contribution in [0.25, 0.3) is 5.69 Å². The van der Waals surface area contributed by atoms with Gasteiger partial charge in [-0.25, -0.2) is 4.68 Å². The fraction of sp³-hybridized carbons (Fsp3) is 0.273. The third-order valence-corrected chi connectivity index (χ3v) is 6.47. The van der Waals surface area contributed by atoms with Crippen molar-refractivity contribution in [2.24, 2.45) is 0 Å². The highest BCUT2D eigenvalue weighted by atomic mass is 35.5. The molecule has 30 heavy (non-hydrogen) atoms. The van der Waals surface area contributed by atoms with Crippen LogP contribution in [0.15, 0.2) is 42.5 Å². The highest BCUT2D eigenvalue weighted by Gasteiger charge is 2.31. The number of thioether (sulfide) groups is 1. The molecule has 1 aliphatic rings. The van der Waals surface area contributed by atoms with Gasteiger partial charge in [-0.1, -0.05) is 29.8 Å². The van der Waals surface area contributed by atoms with Crippen LogP contribution in [0, 0.1) is 6.92 Å². The Balaban J connectivity index is 1.86. The maximum atomic E-state index is 12.5. The van der Waals surface area contributed by atoms with Crippen molar-refractivity contribution in [3.8, 4) is 17.2 Å². The molecule has 0 saturated carbocycles. The number of hydrogen-bond donors (Lipinski definition) is 1. The van der Waals surface area contributed by atoms with Crippen molar-refractivity contribution in [3.05, 3.63) is 64.3 Å². The number of ether oxygens (including phenoxy) is 2. The molecule has 0 aliphatic carbocycles. The van der Waals surface area contributed by atoms with Gasteiger partial charge >= 0.3 is 0 Å². The second-order valence-electron chi connectivity index (χ2n) is 6.79. The summed E-state index contributed by atoms with van der Waals surface area (Å²) in [4.78, 5) is 12.5. The van der Waals surface area contributed by atoms with Crippen LogP contribution in [0.1, 0.15) is 29.0 Å². The highest BCUT2D eigenvalue weighted by molar-refractivity contribution is 8.00. The van der Waals surface area contributed by atoms with E-state index in [1.165, 1.54) is 0 Å². The minimum absolute atomic E-state index is 0.0742. The lowest BCUT2D eigenvalue weighted by Gasteiger charge is -2.18. The number of rotatable bonds is 5. The van der Waals surface area contributed by atoms with Crippen LogP contribution in [-0.2, 0) is 4.79 Å². The Bertz CT molecular complexity index is 1100. The van der Waals surface area contributed by atoms with Gasteiger partial charge < -0.3 is 14.8 Å². The van der Waals surface area contributed by atoms with Gasteiger partial charge in [-0.2, -0.15) is 5.10 Å². The van der Waals surface area contributed by atoms with Gasteiger partial charge in [0.05, 0.1) is 41.1 Å². The number of para-hydroxylation sites is 1. The van der Waals surface area contributed by atoms with Crippen LogP contribution < -0.4 is 14.8 Å². The van der Waals surface area contributed by atoms with E-state index in [1.54, 1.807) is 23.6 Å². The van der Waals surface area contributed by atoms with E-state index in [4.69, 9.17) is 26.2 Å². The minimum Gasteiger partial charge on any atom is -0.493 e. The largest absolute Gasteiger partial charge is 0.493 e. The third kappa shape index (κ3) is 3.75. The average molecular weight is 444 g/mol. The number of anilines is 1. The predicted molar refractivity (Wildman–Crippen MR) is 120 cm³/mol. The minimum atomic E-state index is -0.0974. The molecule has 1 N–H and O–H groups in total. The van der Waals surface area contributed by atoms with Gasteiger partial charge in [0.15, 0.2) is 11.5 Å². The molecule has 0 fully saturated rings. The molecule has 3 aromatic rings. The highest BCUT2D eigenvalue weighted by Crippen LogP contribution is 2.46. The monoisotopic (exact) mass is 443 g/mol. The first-order chi connectivity index (χ1) is 14.5. The molecular weight excluding hydrogens is 422 g/mol. The van der Waals surface area contributed by atoms with Crippen LogP contribution in [0.5, 0.6) is 11.5 Å². The molecule has 156 valence electrons. The normalized spacial score (nSPS) is 15.9. The molecule has 4 rings (SSSR count). The first-order valence-electron chi connectivity index (χ1n) is 9.60. The van der Waals surface area contributed by atoms with Crippen molar-refractivity contribution in [2.75, 3.05) is 24.8 Å². The first kappa shape index (κ1) is 20.6. The summed E-state index contributed by atoms with van der Waals surface area (Å²) in [5.74, 6) is 2.26. The number of nitrogens with one attached hydrogen (secondary N) is 1. The summed E-state index contributed by atoms with van der Waals surface area (Å²) in [6.45, 7) is 4.44. The van der Waals surface area contributed by atoms with Crippen molar-refractivity contribution in [1.29, 1.82) is 0 Å². The van der Waals surface area contributed by atoms with Crippen LogP contribution in [0.4, 0.5) is 5.82 Å². The molecular formula is C22H22ClN3O3S. The number of carbonyl (C=O) groups excluding carboxylic acids is 1. The van der Waals surface area contributed by atoms with Gasteiger partial charge in [-0.3, -0.25) is 4.79 Å². The molecule has 1 atom stereocenters. The first-order valence-corrected chi connectivity index (χ1v) is 11.0. The number of methoxy groups -OCH3 is 1. The molecule has 0 bridgehead atoms. The van der Waals surface area contributed by atoms with E-state index in [0.717, 1.165) is 22.5 Å². The third-order valence-electron chi connectivity index (χ3n) is 4.88. The molecule has 1 unspecified atom stereocenters. The molecule has 6 nitrogen and oxygen atoms in total. The Labute approximate surface area is 184 Å². The summed E-state index contributed by atoms with van der Waals surface area (Å²) in [5, 5.41) is 8.20. The maximum Gasteiger partial charge on any atom is 0.235 e. The number of nitrogens with zero attached hydrogens (tertiary/aromatic N) is 2. The molecule has 2 heterocycles. The maximum absolute atomic E-state index is 12.5. The lowest BCUT2D eigenvalue weighted by Crippen LogP contribution is -2.16. The summed E-state index contributed by atoms with van der Waals surface area (Å²) in [5.41, 5.74) is 3.52. The van der Waals surface area contributed by atoms with Crippen molar-refractivity contribution in [1.82, 2.24) is 9.78 Å². The predicted octanol–water partition coefficient (Wildman–Crippen LogP) is 5.02. The zero-order valence-electron chi connectivity index (χ0n) is 16.9. The van der Waals surface area contributed by atoms with Crippen LogP contribution in [-0.4, -0.2) is 35.2 Å². The molecule has 1 aromatic heterocycles. The number of carbonyl (C=O) groups is 1.